The van der Waals surface area contributed by atoms with Crippen molar-refractivity contribution in [3.8, 4) is 11.5 Å². The average molecular weight is 540 g/mol. The van der Waals surface area contributed by atoms with Gasteiger partial charge in [0.1, 0.15) is 6.26 Å². The molecule has 7 nitrogen and oxygen atoms in total. The first-order chi connectivity index (χ1) is 14.6. The Labute approximate surface area is 203 Å². The van der Waals surface area contributed by atoms with E-state index in [-0.39, 0.29) is 24.0 Å². The fourth-order valence-corrected chi connectivity index (χ4v) is 3.68. The second kappa shape index (κ2) is 13.0. The predicted molar refractivity (Wildman–Crippen MR) is 138 cm³/mol. The minimum absolute atomic E-state index is 0. The standard InChI is InChI=1S/C23H36N6O.HI/c1-5-28-10-12-29(13-11-28)16-19(3)14-25-23(24-4)26-15-21-17-30-22(27-21)20-8-6-18(2)7-9-20;/h6-9,17,19H,5,10-16H2,1-4H3,(H2,24,25,26);1H. The highest BCUT2D eigenvalue weighted by atomic mass is 127. The Balaban J connectivity index is 0.00000341. The fraction of sp³-hybridized carbons (Fsp3) is 0.565. The van der Waals surface area contributed by atoms with Gasteiger partial charge in [-0.25, -0.2) is 4.98 Å². The zero-order chi connectivity index (χ0) is 21.3. The number of nitrogens with one attached hydrogen (secondary N) is 2. The van der Waals surface area contributed by atoms with Crippen molar-refractivity contribution < 1.29 is 4.42 Å². The van der Waals surface area contributed by atoms with Crippen molar-refractivity contribution in [3.63, 3.8) is 0 Å². The third-order valence-corrected chi connectivity index (χ3v) is 5.61. The van der Waals surface area contributed by atoms with E-state index in [2.05, 4.69) is 63.3 Å². The highest BCUT2D eigenvalue weighted by Gasteiger charge is 2.17. The summed E-state index contributed by atoms with van der Waals surface area (Å²) in [5.74, 6) is 1.99. The van der Waals surface area contributed by atoms with E-state index in [1.54, 1.807) is 13.3 Å². The summed E-state index contributed by atoms with van der Waals surface area (Å²) in [6, 6.07) is 8.19. The van der Waals surface area contributed by atoms with Gasteiger partial charge in [0, 0.05) is 51.9 Å². The molecule has 0 aliphatic carbocycles. The monoisotopic (exact) mass is 540 g/mol. The molecule has 2 heterocycles. The Morgan fingerprint density at radius 2 is 1.81 bits per heavy atom. The van der Waals surface area contributed by atoms with Crippen LogP contribution < -0.4 is 10.6 Å². The summed E-state index contributed by atoms with van der Waals surface area (Å²) in [5.41, 5.74) is 3.07. The lowest BCUT2D eigenvalue weighted by Gasteiger charge is -2.35. The molecule has 31 heavy (non-hydrogen) atoms. The average Bonchev–Trinajstić information content (AvgIpc) is 3.24. The zero-order valence-corrected chi connectivity index (χ0v) is 21.6. The number of nitrogens with zero attached hydrogens (tertiary/aromatic N) is 4. The van der Waals surface area contributed by atoms with Crippen LogP contribution in [0, 0.1) is 12.8 Å². The second-order valence-electron chi connectivity index (χ2n) is 8.16. The normalized spacial score (nSPS) is 16.6. The summed E-state index contributed by atoms with van der Waals surface area (Å²) in [5, 5.41) is 6.77. The molecule has 0 bridgehead atoms. The minimum Gasteiger partial charge on any atom is -0.444 e. The maximum Gasteiger partial charge on any atom is 0.226 e. The van der Waals surface area contributed by atoms with Crippen LogP contribution in [0.25, 0.3) is 11.5 Å². The Morgan fingerprint density at radius 3 is 2.45 bits per heavy atom. The van der Waals surface area contributed by atoms with Gasteiger partial charge in [-0.3, -0.25) is 4.99 Å². The highest BCUT2D eigenvalue weighted by molar-refractivity contribution is 14.0. The van der Waals surface area contributed by atoms with Crippen LogP contribution >= 0.6 is 24.0 Å². The summed E-state index contributed by atoms with van der Waals surface area (Å²) in [7, 11) is 1.80. The first kappa shape index (κ1) is 25.6. The van der Waals surface area contributed by atoms with Crippen molar-refractivity contribution >= 4 is 29.9 Å². The van der Waals surface area contributed by atoms with Crippen molar-refractivity contribution in [2.24, 2.45) is 10.9 Å². The van der Waals surface area contributed by atoms with Crippen LogP contribution in [0.1, 0.15) is 25.1 Å². The number of hydrogen-bond donors (Lipinski definition) is 2. The zero-order valence-electron chi connectivity index (χ0n) is 19.2. The molecule has 1 fully saturated rings. The van der Waals surface area contributed by atoms with Gasteiger partial charge in [-0.1, -0.05) is 31.5 Å². The first-order valence-electron chi connectivity index (χ1n) is 11.0. The van der Waals surface area contributed by atoms with Gasteiger partial charge in [-0.15, -0.1) is 24.0 Å². The van der Waals surface area contributed by atoms with Gasteiger partial charge in [0.25, 0.3) is 0 Å². The molecule has 1 aromatic heterocycles. The smallest absolute Gasteiger partial charge is 0.226 e. The van der Waals surface area contributed by atoms with Crippen molar-refractivity contribution in [3.05, 3.63) is 41.8 Å². The molecule has 2 aromatic rings. The van der Waals surface area contributed by atoms with E-state index < -0.39 is 0 Å². The Morgan fingerprint density at radius 1 is 1.13 bits per heavy atom. The van der Waals surface area contributed by atoms with Crippen molar-refractivity contribution in [2.75, 3.05) is 52.9 Å². The number of piperazine rings is 1. The van der Waals surface area contributed by atoms with Crippen LogP contribution in [-0.4, -0.2) is 73.6 Å². The van der Waals surface area contributed by atoms with E-state index in [0.29, 0.717) is 18.4 Å². The Hall–Kier alpha value is -1.65. The van der Waals surface area contributed by atoms with Crippen LogP contribution in [0.2, 0.25) is 0 Å². The lowest BCUT2D eigenvalue weighted by Crippen LogP contribution is -2.48. The van der Waals surface area contributed by atoms with Crippen LogP contribution in [0.4, 0.5) is 0 Å². The molecular weight excluding hydrogens is 503 g/mol. The van der Waals surface area contributed by atoms with E-state index in [4.69, 9.17) is 4.42 Å². The largest absolute Gasteiger partial charge is 0.444 e. The number of likely N-dealkylation sites (N-methyl/N-ethyl adjacent to an activating group) is 1. The third-order valence-electron chi connectivity index (χ3n) is 5.61. The number of benzene rings is 1. The molecule has 1 unspecified atom stereocenters. The van der Waals surface area contributed by atoms with Gasteiger partial charge < -0.3 is 24.9 Å². The van der Waals surface area contributed by atoms with Crippen molar-refractivity contribution in [1.29, 1.82) is 0 Å². The van der Waals surface area contributed by atoms with Crippen molar-refractivity contribution in [1.82, 2.24) is 25.4 Å². The molecule has 1 aliphatic rings. The molecule has 0 amide bonds. The van der Waals surface area contributed by atoms with Gasteiger partial charge in [-0.05, 0) is 31.5 Å². The lowest BCUT2D eigenvalue weighted by atomic mass is 10.1. The SMILES string of the molecule is CCN1CCN(CC(C)CNC(=NC)NCc2coc(-c3ccc(C)cc3)n2)CC1.I. The Kier molecular flexibility index (Phi) is 10.8. The minimum atomic E-state index is 0. The van der Waals surface area contributed by atoms with Crippen LogP contribution in [-0.2, 0) is 6.54 Å². The lowest BCUT2D eigenvalue weighted by molar-refractivity contribution is 0.124. The second-order valence-corrected chi connectivity index (χ2v) is 8.16. The summed E-state index contributed by atoms with van der Waals surface area (Å²) in [6.45, 7) is 15.0. The van der Waals surface area contributed by atoms with E-state index in [1.165, 1.54) is 31.7 Å². The first-order valence-corrected chi connectivity index (χ1v) is 11.0. The molecule has 1 aromatic carbocycles. The summed E-state index contributed by atoms with van der Waals surface area (Å²) in [6.07, 6.45) is 1.70. The number of aromatic nitrogens is 1. The third kappa shape index (κ3) is 8.08. The quantitative estimate of drug-likeness (QED) is 0.305. The number of oxazole rings is 1. The van der Waals surface area contributed by atoms with Gasteiger partial charge in [-0.2, -0.15) is 0 Å². The summed E-state index contributed by atoms with van der Waals surface area (Å²) >= 11 is 0. The van der Waals surface area contributed by atoms with Crippen LogP contribution in [0.5, 0.6) is 0 Å². The molecule has 0 spiro atoms. The van der Waals surface area contributed by atoms with Crippen LogP contribution in [0.3, 0.4) is 0 Å². The van der Waals surface area contributed by atoms with Gasteiger partial charge >= 0.3 is 0 Å². The maximum absolute atomic E-state index is 5.63. The number of rotatable bonds is 8. The van der Waals surface area contributed by atoms with Crippen LogP contribution in [0.15, 0.2) is 39.9 Å². The topological polar surface area (TPSA) is 68.9 Å². The van der Waals surface area contributed by atoms with Gasteiger partial charge in [0.05, 0.1) is 12.2 Å². The summed E-state index contributed by atoms with van der Waals surface area (Å²) < 4.78 is 5.63. The Bertz CT molecular complexity index is 799. The van der Waals surface area contributed by atoms with Gasteiger partial charge in [0.2, 0.25) is 5.89 Å². The predicted octanol–water partition coefficient (Wildman–Crippen LogP) is 3.21. The molecule has 1 aliphatic heterocycles. The summed E-state index contributed by atoms with van der Waals surface area (Å²) in [4.78, 5) is 14.0. The highest BCUT2D eigenvalue weighted by Crippen LogP contribution is 2.19. The number of aryl methyl sites for hydroxylation is 1. The van der Waals surface area contributed by atoms with E-state index in [1.807, 2.05) is 12.1 Å². The van der Waals surface area contributed by atoms with E-state index in [0.717, 1.165) is 36.9 Å². The number of guanidine groups is 1. The number of aliphatic imine (C=N–C) groups is 1. The molecule has 0 radical (unpaired) electrons. The van der Waals surface area contributed by atoms with Gasteiger partial charge in [0.15, 0.2) is 5.96 Å². The van der Waals surface area contributed by atoms with E-state index >= 15 is 0 Å². The molecule has 2 N–H and O–H groups in total. The molecule has 172 valence electrons. The fourth-order valence-electron chi connectivity index (χ4n) is 3.68. The maximum atomic E-state index is 5.63. The van der Waals surface area contributed by atoms with E-state index in [9.17, 15) is 0 Å². The molecule has 3 rings (SSSR count). The number of hydrogen-bond acceptors (Lipinski definition) is 5. The molecular formula is C23H37IN6O. The molecule has 0 saturated carbocycles. The molecule has 1 saturated heterocycles. The molecule has 8 heteroatoms. The molecule has 1 atom stereocenters. The number of halogens is 1. The van der Waals surface area contributed by atoms with Crippen molar-refractivity contribution in [2.45, 2.75) is 27.3 Å².